The van der Waals surface area contributed by atoms with Crippen LogP contribution in [0, 0.1) is 6.92 Å². The zero-order valence-corrected chi connectivity index (χ0v) is 13.6. The summed E-state index contributed by atoms with van der Waals surface area (Å²) >= 11 is 11.9. The average molecular weight is 334 g/mol. The maximum absolute atomic E-state index is 12.8. The van der Waals surface area contributed by atoms with Crippen molar-refractivity contribution in [1.82, 2.24) is 4.57 Å². The van der Waals surface area contributed by atoms with Crippen molar-refractivity contribution in [3.8, 4) is 5.75 Å². The molecular weight excluding hydrogens is 321 g/mol. The number of carbonyl (C=O) groups is 1. The Kier molecular flexibility index (Phi) is 3.85. The molecule has 0 bridgehead atoms. The fourth-order valence-corrected chi connectivity index (χ4v) is 2.78. The minimum Gasteiger partial charge on any atom is -0.497 e. The SMILES string of the molecule is COc1ccc2c(c1)cc(C)n2C(=O)c1ccc(Cl)c(Cl)c1. The summed E-state index contributed by atoms with van der Waals surface area (Å²) < 4.78 is 6.88. The molecule has 3 aromatic rings. The summed E-state index contributed by atoms with van der Waals surface area (Å²) in [5.74, 6) is 0.614. The smallest absolute Gasteiger partial charge is 0.262 e. The molecule has 0 aliphatic carbocycles. The fraction of sp³-hybridized carbons (Fsp3) is 0.118. The zero-order valence-electron chi connectivity index (χ0n) is 12.1. The summed E-state index contributed by atoms with van der Waals surface area (Å²) in [6.45, 7) is 1.89. The van der Waals surface area contributed by atoms with Crippen molar-refractivity contribution < 1.29 is 9.53 Å². The van der Waals surface area contributed by atoms with Gasteiger partial charge in [0, 0.05) is 16.6 Å². The third kappa shape index (κ3) is 2.47. The van der Waals surface area contributed by atoms with Gasteiger partial charge in [-0.3, -0.25) is 9.36 Å². The second kappa shape index (κ2) is 5.67. The van der Waals surface area contributed by atoms with Gasteiger partial charge in [0.2, 0.25) is 0 Å². The van der Waals surface area contributed by atoms with Gasteiger partial charge in [-0.25, -0.2) is 0 Å². The highest BCUT2D eigenvalue weighted by Crippen LogP contribution is 2.27. The number of halogens is 2. The molecule has 112 valence electrons. The van der Waals surface area contributed by atoms with E-state index in [-0.39, 0.29) is 5.91 Å². The highest BCUT2D eigenvalue weighted by Gasteiger charge is 2.16. The first-order chi connectivity index (χ1) is 10.5. The number of aryl methyl sites for hydroxylation is 1. The van der Waals surface area contributed by atoms with Crippen LogP contribution in [-0.4, -0.2) is 17.6 Å². The predicted molar refractivity (Wildman–Crippen MR) is 89.4 cm³/mol. The quantitative estimate of drug-likeness (QED) is 0.664. The molecule has 1 heterocycles. The van der Waals surface area contributed by atoms with Gasteiger partial charge in [-0.2, -0.15) is 0 Å². The zero-order chi connectivity index (χ0) is 15.9. The van der Waals surface area contributed by atoms with Crippen LogP contribution < -0.4 is 4.74 Å². The third-order valence-electron chi connectivity index (χ3n) is 3.56. The minimum atomic E-state index is -0.142. The van der Waals surface area contributed by atoms with Crippen LogP contribution in [0.1, 0.15) is 16.1 Å². The number of nitrogens with zero attached hydrogens (tertiary/aromatic N) is 1. The van der Waals surface area contributed by atoms with Gasteiger partial charge in [-0.1, -0.05) is 23.2 Å². The number of aromatic nitrogens is 1. The van der Waals surface area contributed by atoms with Gasteiger partial charge in [0.05, 0.1) is 22.7 Å². The summed E-state index contributed by atoms with van der Waals surface area (Å²) in [6.07, 6.45) is 0. The largest absolute Gasteiger partial charge is 0.497 e. The maximum Gasteiger partial charge on any atom is 0.262 e. The molecule has 0 fully saturated rings. The van der Waals surface area contributed by atoms with Crippen molar-refractivity contribution in [2.75, 3.05) is 7.11 Å². The molecule has 3 nitrogen and oxygen atoms in total. The van der Waals surface area contributed by atoms with E-state index >= 15 is 0 Å². The molecule has 22 heavy (non-hydrogen) atoms. The summed E-state index contributed by atoms with van der Waals surface area (Å²) in [5, 5.41) is 1.74. The second-order valence-electron chi connectivity index (χ2n) is 4.98. The molecule has 0 radical (unpaired) electrons. The van der Waals surface area contributed by atoms with E-state index in [9.17, 15) is 4.79 Å². The highest BCUT2D eigenvalue weighted by molar-refractivity contribution is 6.42. The first-order valence-electron chi connectivity index (χ1n) is 6.67. The Morgan fingerprint density at radius 2 is 1.82 bits per heavy atom. The monoisotopic (exact) mass is 333 g/mol. The fourth-order valence-electron chi connectivity index (χ4n) is 2.49. The van der Waals surface area contributed by atoms with Crippen LogP contribution in [0.3, 0.4) is 0 Å². The van der Waals surface area contributed by atoms with E-state index in [0.29, 0.717) is 15.6 Å². The van der Waals surface area contributed by atoms with Crippen LogP contribution in [-0.2, 0) is 0 Å². The minimum absolute atomic E-state index is 0.142. The molecule has 0 N–H and O–H groups in total. The number of hydrogen-bond donors (Lipinski definition) is 0. The Morgan fingerprint density at radius 1 is 1.05 bits per heavy atom. The Morgan fingerprint density at radius 3 is 2.50 bits per heavy atom. The summed E-state index contributed by atoms with van der Waals surface area (Å²) in [5.41, 5.74) is 2.17. The summed E-state index contributed by atoms with van der Waals surface area (Å²) in [4.78, 5) is 12.8. The molecule has 0 spiro atoms. The average Bonchev–Trinajstić information content (AvgIpc) is 2.84. The molecule has 2 aromatic carbocycles. The highest BCUT2D eigenvalue weighted by atomic mass is 35.5. The van der Waals surface area contributed by atoms with E-state index < -0.39 is 0 Å². The van der Waals surface area contributed by atoms with E-state index in [0.717, 1.165) is 22.3 Å². The van der Waals surface area contributed by atoms with E-state index in [1.54, 1.807) is 29.9 Å². The third-order valence-corrected chi connectivity index (χ3v) is 4.30. The van der Waals surface area contributed by atoms with Crippen LogP contribution >= 0.6 is 23.2 Å². The van der Waals surface area contributed by atoms with Crippen LogP contribution in [0.25, 0.3) is 10.9 Å². The van der Waals surface area contributed by atoms with E-state index in [2.05, 4.69) is 0 Å². The predicted octanol–water partition coefficient (Wildman–Crippen LogP) is 4.95. The molecule has 1 aromatic heterocycles. The van der Waals surface area contributed by atoms with Crippen LogP contribution in [0.15, 0.2) is 42.5 Å². The van der Waals surface area contributed by atoms with E-state index in [1.807, 2.05) is 31.2 Å². The van der Waals surface area contributed by atoms with E-state index in [4.69, 9.17) is 27.9 Å². The number of ether oxygens (including phenoxy) is 1. The van der Waals surface area contributed by atoms with Gasteiger partial charge in [0.15, 0.2) is 0 Å². The number of benzene rings is 2. The van der Waals surface area contributed by atoms with Gasteiger partial charge in [0.25, 0.3) is 5.91 Å². The molecule has 3 rings (SSSR count). The van der Waals surface area contributed by atoms with Crippen molar-refractivity contribution in [1.29, 1.82) is 0 Å². The summed E-state index contributed by atoms with van der Waals surface area (Å²) in [6, 6.07) is 12.4. The Bertz CT molecular complexity index is 884. The van der Waals surface area contributed by atoms with Crippen LogP contribution in [0.2, 0.25) is 10.0 Å². The molecule has 5 heteroatoms. The van der Waals surface area contributed by atoms with Gasteiger partial charge in [-0.15, -0.1) is 0 Å². The van der Waals surface area contributed by atoms with Gasteiger partial charge < -0.3 is 4.74 Å². The Hall–Kier alpha value is -1.97. The lowest BCUT2D eigenvalue weighted by Crippen LogP contribution is -2.13. The molecule has 0 aliphatic rings. The molecule has 0 saturated heterocycles. The summed E-state index contributed by atoms with van der Waals surface area (Å²) in [7, 11) is 1.62. The van der Waals surface area contributed by atoms with E-state index in [1.165, 1.54) is 0 Å². The standard InChI is InChI=1S/C17H13Cl2NO2/c1-10-7-12-8-13(22-2)4-6-16(12)20(10)17(21)11-3-5-14(18)15(19)9-11/h3-9H,1-2H3. The molecule has 0 amide bonds. The number of carbonyl (C=O) groups excluding carboxylic acids is 1. The maximum atomic E-state index is 12.8. The first kappa shape index (κ1) is 14.9. The van der Waals surface area contributed by atoms with Crippen molar-refractivity contribution >= 4 is 40.0 Å². The van der Waals surface area contributed by atoms with Crippen molar-refractivity contribution in [3.05, 3.63) is 63.8 Å². The van der Waals surface area contributed by atoms with Crippen LogP contribution in [0.4, 0.5) is 0 Å². The molecule has 0 atom stereocenters. The number of fused-ring (bicyclic) bond motifs is 1. The Balaban J connectivity index is 2.14. The number of methoxy groups -OCH3 is 1. The molecule has 0 aliphatic heterocycles. The topological polar surface area (TPSA) is 31.2 Å². The van der Waals surface area contributed by atoms with Crippen molar-refractivity contribution in [3.63, 3.8) is 0 Å². The first-order valence-corrected chi connectivity index (χ1v) is 7.42. The normalized spacial score (nSPS) is 10.9. The van der Waals surface area contributed by atoms with Gasteiger partial charge in [-0.05, 0) is 49.4 Å². The number of hydrogen-bond acceptors (Lipinski definition) is 2. The molecule has 0 unspecified atom stereocenters. The van der Waals surface area contributed by atoms with Gasteiger partial charge in [0.1, 0.15) is 5.75 Å². The molecular formula is C17H13Cl2NO2. The second-order valence-corrected chi connectivity index (χ2v) is 5.79. The van der Waals surface area contributed by atoms with Crippen molar-refractivity contribution in [2.24, 2.45) is 0 Å². The lowest BCUT2D eigenvalue weighted by Gasteiger charge is -2.08. The van der Waals surface area contributed by atoms with Gasteiger partial charge >= 0.3 is 0 Å². The lowest BCUT2D eigenvalue weighted by molar-refractivity contribution is 0.0963. The Labute approximate surface area is 138 Å². The van der Waals surface area contributed by atoms with Crippen LogP contribution in [0.5, 0.6) is 5.75 Å². The van der Waals surface area contributed by atoms with Crippen molar-refractivity contribution in [2.45, 2.75) is 6.92 Å². The lowest BCUT2D eigenvalue weighted by atomic mass is 10.2. The number of rotatable bonds is 2. The molecule has 0 saturated carbocycles.